The van der Waals surface area contributed by atoms with E-state index >= 15 is 0 Å². The van der Waals surface area contributed by atoms with Crippen LogP contribution in [0.5, 0.6) is 0 Å². The monoisotopic (exact) mass is 351 g/mol. The highest BCUT2D eigenvalue weighted by Gasteiger charge is 2.23. The van der Waals surface area contributed by atoms with Gasteiger partial charge in [0, 0.05) is 48.2 Å². The van der Waals surface area contributed by atoms with E-state index in [1.807, 2.05) is 19.1 Å². The van der Waals surface area contributed by atoms with Crippen LogP contribution in [0.1, 0.15) is 41.4 Å². The number of aryl methyl sites for hydroxylation is 2. The molecule has 3 aromatic heterocycles. The molecular weight excluding hydrogens is 326 g/mol. The molecule has 7 nitrogen and oxygen atoms in total. The van der Waals surface area contributed by atoms with Gasteiger partial charge in [0.2, 0.25) is 0 Å². The van der Waals surface area contributed by atoms with Gasteiger partial charge in [0.1, 0.15) is 5.82 Å². The number of nitrogen functional groups attached to an aromatic ring is 1. The number of anilines is 1. The first-order chi connectivity index (χ1) is 12.5. The lowest BCUT2D eigenvalue weighted by Crippen LogP contribution is -2.32. The molecule has 1 fully saturated rings. The number of aromatic nitrogens is 5. The van der Waals surface area contributed by atoms with Gasteiger partial charge in [-0.2, -0.15) is 14.7 Å². The van der Waals surface area contributed by atoms with Gasteiger partial charge in [0.05, 0.1) is 11.4 Å². The molecule has 4 rings (SSSR count). The van der Waals surface area contributed by atoms with Crippen molar-refractivity contribution in [2.45, 2.75) is 39.2 Å². The number of rotatable bonds is 4. The highest BCUT2D eigenvalue weighted by Crippen LogP contribution is 2.29. The van der Waals surface area contributed by atoms with E-state index in [0.29, 0.717) is 11.7 Å². The summed E-state index contributed by atoms with van der Waals surface area (Å²) in [6.45, 7) is 10.8. The predicted octanol–water partition coefficient (Wildman–Crippen LogP) is 2.60. The summed E-state index contributed by atoms with van der Waals surface area (Å²) >= 11 is 0. The second-order valence-electron chi connectivity index (χ2n) is 7.11. The molecule has 0 aliphatic carbocycles. The van der Waals surface area contributed by atoms with Crippen molar-refractivity contribution in [3.05, 3.63) is 47.6 Å². The lowest BCUT2D eigenvalue weighted by atomic mass is 9.93. The Balaban J connectivity index is 1.44. The second-order valence-corrected chi connectivity index (χ2v) is 7.11. The molecule has 3 aromatic rings. The van der Waals surface area contributed by atoms with Crippen molar-refractivity contribution in [1.29, 1.82) is 0 Å². The Bertz CT molecular complexity index is 944. The first-order valence-corrected chi connectivity index (χ1v) is 9.06. The number of likely N-dealkylation sites (tertiary alicyclic amines) is 1. The fraction of sp³-hybridized carbons (Fsp3) is 0.421. The third-order valence-electron chi connectivity index (χ3n) is 5.20. The summed E-state index contributed by atoms with van der Waals surface area (Å²) in [5, 5.41) is 8.82. The fourth-order valence-corrected chi connectivity index (χ4v) is 3.74. The van der Waals surface area contributed by atoms with E-state index in [1.165, 1.54) is 5.56 Å². The van der Waals surface area contributed by atoms with Gasteiger partial charge in [0.15, 0.2) is 5.65 Å². The highest BCUT2D eigenvalue weighted by atomic mass is 15.3. The quantitative estimate of drug-likeness (QED) is 0.782. The normalized spacial score (nSPS) is 16.4. The molecule has 1 aliphatic heterocycles. The van der Waals surface area contributed by atoms with Crippen LogP contribution < -0.4 is 5.73 Å². The summed E-state index contributed by atoms with van der Waals surface area (Å²) in [5.74, 6) is 1.11. The van der Waals surface area contributed by atoms with Crippen LogP contribution in [0, 0.1) is 13.8 Å². The largest absolute Gasteiger partial charge is 0.384 e. The minimum Gasteiger partial charge on any atom is -0.384 e. The Morgan fingerprint density at radius 2 is 2.00 bits per heavy atom. The van der Waals surface area contributed by atoms with Crippen LogP contribution >= 0.6 is 0 Å². The zero-order valence-corrected chi connectivity index (χ0v) is 15.4. The number of fused-ring (bicyclic) bond motifs is 1. The maximum atomic E-state index is 6.17. The van der Waals surface area contributed by atoms with Crippen LogP contribution in [-0.2, 0) is 6.54 Å². The molecule has 0 amide bonds. The van der Waals surface area contributed by atoms with E-state index in [2.05, 4.69) is 34.8 Å². The zero-order chi connectivity index (χ0) is 18.3. The number of nitrogens with two attached hydrogens (primary N) is 1. The average Bonchev–Trinajstić information content (AvgIpc) is 3.18. The van der Waals surface area contributed by atoms with Crippen molar-refractivity contribution < 1.29 is 0 Å². The second kappa shape index (κ2) is 6.57. The van der Waals surface area contributed by atoms with Crippen LogP contribution in [0.25, 0.3) is 11.8 Å². The van der Waals surface area contributed by atoms with E-state index in [0.717, 1.165) is 55.2 Å². The molecule has 0 unspecified atom stereocenters. The van der Waals surface area contributed by atoms with Crippen LogP contribution in [0.3, 0.4) is 0 Å². The Hall–Kier alpha value is -2.67. The molecule has 1 aliphatic rings. The maximum absolute atomic E-state index is 6.17. The van der Waals surface area contributed by atoms with E-state index in [-0.39, 0.29) is 0 Å². The first kappa shape index (κ1) is 16.8. The summed E-state index contributed by atoms with van der Waals surface area (Å²) in [4.78, 5) is 7.28. The fourth-order valence-electron chi connectivity index (χ4n) is 3.74. The van der Waals surface area contributed by atoms with Gasteiger partial charge in [-0.25, -0.2) is 9.67 Å². The van der Waals surface area contributed by atoms with Crippen molar-refractivity contribution in [3.8, 4) is 0 Å². The van der Waals surface area contributed by atoms with Gasteiger partial charge < -0.3 is 5.73 Å². The molecule has 26 heavy (non-hydrogen) atoms. The molecule has 0 atom stereocenters. The number of nitrogens with zero attached hydrogens (tertiary/aromatic N) is 6. The van der Waals surface area contributed by atoms with E-state index < -0.39 is 0 Å². The third kappa shape index (κ3) is 3.10. The number of hydrogen-bond donors (Lipinski definition) is 1. The summed E-state index contributed by atoms with van der Waals surface area (Å²) in [5.41, 5.74) is 11.4. The number of hydrogen-bond acceptors (Lipinski definition) is 5. The van der Waals surface area contributed by atoms with Crippen molar-refractivity contribution in [3.63, 3.8) is 0 Å². The zero-order valence-electron chi connectivity index (χ0n) is 15.4. The Morgan fingerprint density at radius 3 is 2.69 bits per heavy atom. The molecule has 0 radical (unpaired) electrons. The standard InChI is InChI=1S/C19H25N7/c1-4-25-12-16(14(3)23-25)11-24-7-5-15(6-8-24)17-10-18(20)26-19(21-17)9-13(2)22-26/h4,9-10,12,15H,1,5-8,11,20H2,2-3H3. The van der Waals surface area contributed by atoms with Gasteiger partial charge >= 0.3 is 0 Å². The van der Waals surface area contributed by atoms with Crippen LogP contribution in [-0.4, -0.2) is 42.4 Å². The smallest absolute Gasteiger partial charge is 0.157 e. The lowest BCUT2D eigenvalue weighted by Gasteiger charge is -2.31. The topological polar surface area (TPSA) is 77.3 Å². The highest BCUT2D eigenvalue weighted by molar-refractivity contribution is 5.48. The van der Waals surface area contributed by atoms with E-state index in [9.17, 15) is 0 Å². The Kier molecular flexibility index (Phi) is 4.24. The van der Waals surface area contributed by atoms with Gasteiger partial charge in [-0.3, -0.25) is 4.90 Å². The van der Waals surface area contributed by atoms with Gasteiger partial charge in [-0.1, -0.05) is 6.58 Å². The minimum atomic E-state index is 0.450. The van der Waals surface area contributed by atoms with Crippen LogP contribution in [0.15, 0.2) is 24.9 Å². The number of piperidine rings is 1. The minimum absolute atomic E-state index is 0.450. The summed E-state index contributed by atoms with van der Waals surface area (Å²) in [7, 11) is 0. The summed E-state index contributed by atoms with van der Waals surface area (Å²) in [6, 6.07) is 3.97. The van der Waals surface area contributed by atoms with E-state index in [4.69, 9.17) is 10.7 Å². The lowest BCUT2D eigenvalue weighted by molar-refractivity contribution is 0.203. The summed E-state index contributed by atoms with van der Waals surface area (Å²) < 4.78 is 3.50. The van der Waals surface area contributed by atoms with Crippen LogP contribution in [0.4, 0.5) is 5.82 Å². The van der Waals surface area contributed by atoms with Gasteiger partial charge in [0.25, 0.3) is 0 Å². The molecular formula is C19H25N7. The van der Waals surface area contributed by atoms with Crippen molar-refractivity contribution in [2.24, 2.45) is 0 Å². The average molecular weight is 351 g/mol. The molecule has 0 saturated carbocycles. The predicted molar refractivity (Wildman–Crippen MR) is 103 cm³/mol. The van der Waals surface area contributed by atoms with Crippen molar-refractivity contribution >= 4 is 17.7 Å². The molecule has 0 spiro atoms. The molecule has 2 N–H and O–H groups in total. The third-order valence-corrected chi connectivity index (χ3v) is 5.20. The van der Waals surface area contributed by atoms with Crippen LogP contribution in [0.2, 0.25) is 0 Å². The molecule has 0 bridgehead atoms. The first-order valence-electron chi connectivity index (χ1n) is 9.06. The molecule has 1 saturated heterocycles. The molecule has 136 valence electrons. The maximum Gasteiger partial charge on any atom is 0.157 e. The molecule has 4 heterocycles. The van der Waals surface area contributed by atoms with Crippen molar-refractivity contribution in [2.75, 3.05) is 18.8 Å². The Labute approximate surface area is 153 Å². The molecule has 7 heteroatoms. The molecule has 0 aromatic carbocycles. The van der Waals surface area contributed by atoms with Gasteiger partial charge in [-0.05, 0) is 39.8 Å². The van der Waals surface area contributed by atoms with E-state index in [1.54, 1.807) is 15.4 Å². The Morgan fingerprint density at radius 1 is 1.23 bits per heavy atom. The van der Waals surface area contributed by atoms with Crippen molar-refractivity contribution in [1.82, 2.24) is 29.3 Å². The summed E-state index contributed by atoms with van der Waals surface area (Å²) in [6.07, 6.45) is 5.97. The van der Waals surface area contributed by atoms with Gasteiger partial charge in [-0.15, -0.1) is 0 Å². The SMILES string of the molecule is C=Cn1cc(CN2CCC(c3cc(N)n4nc(C)cc4n3)CC2)c(C)n1.